The molecule has 0 bridgehead atoms. The van der Waals surface area contributed by atoms with E-state index in [0.717, 1.165) is 0 Å². The first kappa shape index (κ1) is 13.5. The summed E-state index contributed by atoms with van der Waals surface area (Å²) in [5.41, 5.74) is 1.22. The number of phenolic OH excluding ortho intramolecular Hbond substituents is 1. The van der Waals surface area contributed by atoms with Gasteiger partial charge in [0, 0.05) is 23.4 Å². The smallest absolute Gasteiger partial charge is 0.270 e. The summed E-state index contributed by atoms with van der Waals surface area (Å²) in [6.07, 6.45) is 0. The lowest BCUT2D eigenvalue weighted by molar-refractivity contribution is -0.384. The minimum absolute atomic E-state index is 0.0918. The van der Waals surface area contributed by atoms with Gasteiger partial charge < -0.3 is 10.4 Å². The number of nitro benzene ring substituents is 1. The van der Waals surface area contributed by atoms with E-state index in [2.05, 4.69) is 5.32 Å². The second kappa shape index (κ2) is 5.40. The van der Waals surface area contributed by atoms with Gasteiger partial charge in [-0.2, -0.15) is 0 Å². The van der Waals surface area contributed by atoms with E-state index >= 15 is 0 Å². The zero-order valence-corrected chi connectivity index (χ0v) is 10.7. The Morgan fingerprint density at radius 3 is 2.45 bits per heavy atom. The van der Waals surface area contributed by atoms with E-state index in [4.69, 9.17) is 5.11 Å². The van der Waals surface area contributed by atoms with E-state index in [0.29, 0.717) is 11.3 Å². The van der Waals surface area contributed by atoms with Gasteiger partial charge in [0.15, 0.2) is 0 Å². The lowest BCUT2D eigenvalue weighted by Gasteiger charge is -2.06. The number of aryl methyl sites for hydroxylation is 1. The fourth-order valence-corrected chi connectivity index (χ4v) is 1.75. The van der Waals surface area contributed by atoms with Crippen molar-refractivity contribution >= 4 is 17.3 Å². The molecule has 0 fully saturated rings. The Morgan fingerprint density at radius 2 is 1.85 bits per heavy atom. The molecule has 0 heterocycles. The maximum atomic E-state index is 12.0. The number of nitrogens with zero attached hydrogens (tertiary/aromatic N) is 1. The van der Waals surface area contributed by atoms with Crippen LogP contribution in [0.1, 0.15) is 15.9 Å². The predicted octanol–water partition coefficient (Wildman–Crippen LogP) is 2.86. The number of nitrogens with one attached hydrogen (secondary N) is 1. The number of aromatic hydroxyl groups is 1. The third kappa shape index (κ3) is 3.11. The number of amides is 1. The zero-order chi connectivity index (χ0) is 14.7. The van der Waals surface area contributed by atoms with E-state index < -0.39 is 10.8 Å². The summed E-state index contributed by atoms with van der Waals surface area (Å²) in [4.78, 5) is 22.3. The van der Waals surface area contributed by atoms with Gasteiger partial charge in [0.1, 0.15) is 5.75 Å². The number of carbonyl (C=O) groups is 1. The minimum Gasteiger partial charge on any atom is -0.508 e. The van der Waals surface area contributed by atoms with Crippen LogP contribution in [0.4, 0.5) is 11.4 Å². The molecule has 0 radical (unpaired) electrons. The average Bonchev–Trinajstić information content (AvgIpc) is 2.40. The average molecular weight is 272 g/mol. The minimum atomic E-state index is -0.537. The number of hydrogen-bond acceptors (Lipinski definition) is 4. The van der Waals surface area contributed by atoms with Gasteiger partial charge >= 0.3 is 0 Å². The van der Waals surface area contributed by atoms with E-state index in [1.54, 1.807) is 13.0 Å². The van der Waals surface area contributed by atoms with Gasteiger partial charge in [0.05, 0.1) is 4.92 Å². The summed E-state index contributed by atoms with van der Waals surface area (Å²) >= 11 is 0. The van der Waals surface area contributed by atoms with Gasteiger partial charge in [0.25, 0.3) is 11.6 Å². The van der Waals surface area contributed by atoms with Gasteiger partial charge in [-0.3, -0.25) is 14.9 Å². The van der Waals surface area contributed by atoms with Gasteiger partial charge in [-0.15, -0.1) is 0 Å². The molecule has 2 aromatic rings. The van der Waals surface area contributed by atoms with Gasteiger partial charge in [-0.25, -0.2) is 0 Å². The molecule has 0 unspecified atom stereocenters. The molecule has 0 saturated heterocycles. The first-order valence-corrected chi connectivity index (χ1v) is 5.82. The molecule has 0 aliphatic carbocycles. The Labute approximate surface area is 114 Å². The molecule has 0 aliphatic heterocycles. The third-order valence-electron chi connectivity index (χ3n) is 2.66. The maximum absolute atomic E-state index is 12.0. The highest BCUT2D eigenvalue weighted by molar-refractivity contribution is 6.04. The molecule has 2 N–H and O–H groups in total. The van der Waals surface area contributed by atoms with Crippen LogP contribution in [-0.4, -0.2) is 15.9 Å². The number of benzene rings is 2. The number of carbonyl (C=O) groups excluding carboxylic acids is 1. The van der Waals surface area contributed by atoms with Crippen LogP contribution in [0.5, 0.6) is 5.75 Å². The predicted molar refractivity (Wildman–Crippen MR) is 73.9 cm³/mol. The Morgan fingerprint density at radius 1 is 1.20 bits per heavy atom. The van der Waals surface area contributed by atoms with Crippen LogP contribution in [0.2, 0.25) is 0 Å². The first-order chi connectivity index (χ1) is 9.45. The van der Waals surface area contributed by atoms with Crippen LogP contribution in [-0.2, 0) is 0 Å². The van der Waals surface area contributed by atoms with E-state index in [-0.39, 0.29) is 17.0 Å². The molecule has 2 aromatic carbocycles. The molecule has 102 valence electrons. The molecular weight excluding hydrogens is 260 g/mol. The fourth-order valence-electron chi connectivity index (χ4n) is 1.75. The third-order valence-corrected chi connectivity index (χ3v) is 2.66. The number of rotatable bonds is 3. The fraction of sp³-hybridized carbons (Fsp3) is 0.0714. The molecule has 0 aromatic heterocycles. The summed E-state index contributed by atoms with van der Waals surface area (Å²) in [6.45, 7) is 1.68. The second-order valence-electron chi connectivity index (χ2n) is 4.32. The maximum Gasteiger partial charge on any atom is 0.270 e. The summed E-state index contributed by atoms with van der Waals surface area (Å²) < 4.78 is 0. The van der Waals surface area contributed by atoms with Crippen LogP contribution in [0.25, 0.3) is 0 Å². The second-order valence-corrected chi connectivity index (χ2v) is 4.32. The monoisotopic (exact) mass is 272 g/mol. The zero-order valence-electron chi connectivity index (χ0n) is 10.7. The molecule has 0 saturated carbocycles. The number of hydrogen-bond donors (Lipinski definition) is 2. The lowest BCUT2D eigenvalue weighted by Crippen LogP contribution is -2.12. The molecule has 2 rings (SSSR count). The van der Waals surface area contributed by atoms with Gasteiger partial charge in [0.2, 0.25) is 0 Å². The Balaban J connectivity index is 2.25. The first-order valence-electron chi connectivity index (χ1n) is 5.82. The lowest BCUT2D eigenvalue weighted by atomic mass is 10.1. The summed E-state index contributed by atoms with van der Waals surface area (Å²) in [5, 5.41) is 22.5. The summed E-state index contributed by atoms with van der Waals surface area (Å²) in [7, 11) is 0. The van der Waals surface area contributed by atoms with E-state index in [9.17, 15) is 14.9 Å². The van der Waals surface area contributed by atoms with Crippen molar-refractivity contribution in [2.24, 2.45) is 0 Å². The van der Waals surface area contributed by atoms with Crippen LogP contribution >= 0.6 is 0 Å². The van der Waals surface area contributed by atoms with Crippen molar-refractivity contribution in [2.45, 2.75) is 6.92 Å². The van der Waals surface area contributed by atoms with E-state index in [1.165, 1.54) is 36.4 Å². The molecule has 1 amide bonds. The Hall–Kier alpha value is -2.89. The highest BCUT2D eigenvalue weighted by Crippen LogP contribution is 2.19. The van der Waals surface area contributed by atoms with Crippen LogP contribution in [0, 0.1) is 17.0 Å². The molecule has 0 spiro atoms. The molecule has 0 aliphatic rings. The number of phenols is 1. The summed E-state index contributed by atoms with van der Waals surface area (Å²) in [6, 6.07) is 10.2. The number of nitro groups is 1. The highest BCUT2D eigenvalue weighted by atomic mass is 16.6. The van der Waals surface area contributed by atoms with Crippen molar-refractivity contribution in [1.29, 1.82) is 0 Å². The van der Waals surface area contributed by atoms with Crippen LogP contribution in [0.3, 0.4) is 0 Å². The molecule has 0 atom stereocenters. The van der Waals surface area contributed by atoms with Crippen molar-refractivity contribution in [2.75, 3.05) is 5.32 Å². The molecular formula is C14H12N2O4. The number of anilines is 1. The SMILES string of the molecule is Cc1cc(C(=O)Nc2ccc(O)cc2)cc([N+](=O)[O-])c1. The Kier molecular flexibility index (Phi) is 3.65. The van der Waals surface area contributed by atoms with Gasteiger partial charge in [-0.1, -0.05) is 0 Å². The van der Waals surface area contributed by atoms with Crippen molar-refractivity contribution in [3.8, 4) is 5.75 Å². The van der Waals surface area contributed by atoms with Crippen molar-refractivity contribution in [3.05, 3.63) is 63.7 Å². The van der Waals surface area contributed by atoms with Crippen molar-refractivity contribution in [3.63, 3.8) is 0 Å². The Bertz CT molecular complexity index is 665. The molecule has 6 heteroatoms. The topological polar surface area (TPSA) is 92.5 Å². The van der Waals surface area contributed by atoms with Crippen LogP contribution in [0.15, 0.2) is 42.5 Å². The quantitative estimate of drug-likeness (QED) is 0.510. The van der Waals surface area contributed by atoms with Crippen molar-refractivity contribution < 1.29 is 14.8 Å². The standard InChI is InChI=1S/C14H12N2O4/c1-9-6-10(8-12(7-9)16(19)20)14(18)15-11-2-4-13(17)5-3-11/h2-8,17H,1H3,(H,15,18). The summed E-state index contributed by atoms with van der Waals surface area (Å²) in [5.74, 6) is -0.350. The van der Waals surface area contributed by atoms with E-state index in [1.807, 2.05) is 0 Å². The largest absolute Gasteiger partial charge is 0.508 e. The molecule has 6 nitrogen and oxygen atoms in total. The molecule has 20 heavy (non-hydrogen) atoms. The highest BCUT2D eigenvalue weighted by Gasteiger charge is 2.13. The number of non-ortho nitro benzene ring substituents is 1. The van der Waals surface area contributed by atoms with Crippen LogP contribution < -0.4 is 5.32 Å². The van der Waals surface area contributed by atoms with Gasteiger partial charge in [-0.05, 0) is 42.8 Å². The normalized spacial score (nSPS) is 10.1. The van der Waals surface area contributed by atoms with Crippen molar-refractivity contribution in [1.82, 2.24) is 0 Å².